The van der Waals surface area contributed by atoms with Crippen LogP contribution in [0.5, 0.6) is 0 Å². The number of carbonyl (C=O) groups is 1. The maximum Gasteiger partial charge on any atom is 0.253 e. The lowest BCUT2D eigenvalue weighted by molar-refractivity contribution is -0.00783. The van der Waals surface area contributed by atoms with Gasteiger partial charge in [0.05, 0.1) is 15.7 Å². The first kappa shape index (κ1) is 17.8. The molecule has 3 heterocycles. The van der Waals surface area contributed by atoms with E-state index >= 15 is 0 Å². The highest BCUT2D eigenvalue weighted by Gasteiger charge is 2.47. The molecule has 0 radical (unpaired) electrons. The quantitative estimate of drug-likeness (QED) is 0.686. The van der Waals surface area contributed by atoms with Crippen LogP contribution in [0.1, 0.15) is 23.2 Å². The summed E-state index contributed by atoms with van der Waals surface area (Å²) < 4.78 is 0. The van der Waals surface area contributed by atoms with E-state index in [1.807, 2.05) is 35.2 Å². The van der Waals surface area contributed by atoms with Crippen molar-refractivity contribution in [2.24, 2.45) is 5.41 Å². The molecule has 1 aromatic heterocycles. The van der Waals surface area contributed by atoms with Crippen molar-refractivity contribution < 1.29 is 4.79 Å². The molecule has 8 heteroatoms. The molecule has 2 saturated heterocycles. The van der Waals surface area contributed by atoms with E-state index in [2.05, 4.69) is 20.3 Å². The fraction of sp³-hybridized carbons (Fsp3) is 0.350. The van der Waals surface area contributed by atoms with Gasteiger partial charge in [0.1, 0.15) is 11.0 Å². The van der Waals surface area contributed by atoms with E-state index in [0.29, 0.717) is 21.1 Å². The van der Waals surface area contributed by atoms with Crippen molar-refractivity contribution in [2.45, 2.75) is 12.8 Å². The number of nitrogens with zero attached hydrogens (tertiary/aromatic N) is 4. The molecule has 0 bridgehead atoms. The second kappa shape index (κ2) is 6.64. The Bertz CT molecular complexity index is 1030. The minimum atomic E-state index is 0.0621. The molecule has 3 aromatic rings. The Kier molecular flexibility index (Phi) is 4.21. The number of H-pyrrole nitrogens is 1. The molecule has 2 aliphatic heterocycles. The number of aromatic nitrogens is 3. The predicted molar refractivity (Wildman–Crippen MR) is 110 cm³/mol. The van der Waals surface area contributed by atoms with Gasteiger partial charge in [0, 0.05) is 37.2 Å². The molecule has 28 heavy (non-hydrogen) atoms. The number of anilines is 1. The van der Waals surface area contributed by atoms with Crippen LogP contribution in [0.3, 0.4) is 0 Å². The maximum atomic E-state index is 12.8. The summed E-state index contributed by atoms with van der Waals surface area (Å²) in [7, 11) is 0. The Morgan fingerprint density at radius 1 is 1.00 bits per heavy atom. The van der Waals surface area contributed by atoms with Crippen molar-refractivity contribution in [2.75, 3.05) is 31.1 Å². The number of likely N-dealkylation sites (tertiary alicyclic amines) is 1. The summed E-state index contributed by atoms with van der Waals surface area (Å²) in [5, 5.41) is 12.1. The number of fused-ring (bicyclic) bond motifs is 1. The van der Waals surface area contributed by atoms with Crippen molar-refractivity contribution >= 4 is 45.8 Å². The van der Waals surface area contributed by atoms with Crippen molar-refractivity contribution in [3.8, 4) is 0 Å². The van der Waals surface area contributed by atoms with E-state index < -0.39 is 0 Å². The van der Waals surface area contributed by atoms with Crippen LogP contribution < -0.4 is 4.90 Å². The number of carbonyl (C=O) groups excluding carboxylic acids is 1. The second-order valence-electron chi connectivity index (χ2n) is 7.75. The van der Waals surface area contributed by atoms with Crippen LogP contribution in [0.25, 0.3) is 11.0 Å². The van der Waals surface area contributed by atoms with Crippen LogP contribution in [-0.4, -0.2) is 52.4 Å². The van der Waals surface area contributed by atoms with Gasteiger partial charge in [0.2, 0.25) is 0 Å². The highest BCUT2D eigenvalue weighted by molar-refractivity contribution is 6.39. The number of aromatic amines is 1. The molecular weight excluding hydrogens is 397 g/mol. The number of para-hydroxylation sites is 1. The molecule has 144 valence electrons. The normalized spacial score (nSPS) is 18.5. The van der Waals surface area contributed by atoms with Crippen LogP contribution in [0, 0.1) is 5.41 Å². The van der Waals surface area contributed by atoms with E-state index in [0.717, 1.165) is 50.2 Å². The molecule has 0 saturated carbocycles. The molecule has 0 unspecified atom stereocenters. The van der Waals surface area contributed by atoms with E-state index in [4.69, 9.17) is 23.2 Å². The molecule has 0 atom stereocenters. The van der Waals surface area contributed by atoms with Gasteiger partial charge in [-0.3, -0.25) is 4.79 Å². The molecule has 1 amide bonds. The minimum Gasteiger partial charge on any atom is -0.369 e. The zero-order valence-electron chi connectivity index (χ0n) is 15.2. The van der Waals surface area contributed by atoms with Crippen LogP contribution >= 0.6 is 23.2 Å². The summed E-state index contributed by atoms with van der Waals surface area (Å²) in [6.07, 6.45) is 2.06. The standard InChI is InChI=1S/C20H19Cl2N5O/c21-14-2-1-3-15(22)18(14)26-8-6-20(7-9-26)11-27(12-20)19(28)13-4-5-16-17(10-13)24-25-23-16/h1-5,10H,6-9,11-12H2,(H,23,24,25). The fourth-order valence-electron chi connectivity index (χ4n) is 4.37. The Balaban J connectivity index is 1.24. The molecule has 6 nitrogen and oxygen atoms in total. The van der Waals surface area contributed by atoms with Gasteiger partial charge in [-0.1, -0.05) is 29.3 Å². The zero-order chi connectivity index (χ0) is 19.3. The van der Waals surface area contributed by atoms with Gasteiger partial charge in [-0.05, 0) is 43.2 Å². The Morgan fingerprint density at radius 3 is 2.39 bits per heavy atom. The van der Waals surface area contributed by atoms with Gasteiger partial charge < -0.3 is 9.80 Å². The van der Waals surface area contributed by atoms with E-state index in [9.17, 15) is 4.79 Å². The van der Waals surface area contributed by atoms with Crippen LogP contribution in [0.4, 0.5) is 5.69 Å². The first-order valence-electron chi connectivity index (χ1n) is 9.33. The third kappa shape index (κ3) is 2.91. The average Bonchev–Trinajstić information content (AvgIpc) is 3.14. The maximum absolute atomic E-state index is 12.8. The van der Waals surface area contributed by atoms with E-state index in [1.165, 1.54) is 0 Å². The van der Waals surface area contributed by atoms with Gasteiger partial charge in [-0.25, -0.2) is 0 Å². The Hall–Kier alpha value is -2.31. The largest absolute Gasteiger partial charge is 0.369 e. The number of rotatable bonds is 2. The lowest BCUT2D eigenvalue weighted by Crippen LogP contribution is -2.62. The highest BCUT2D eigenvalue weighted by atomic mass is 35.5. The molecule has 1 N–H and O–H groups in total. The van der Waals surface area contributed by atoms with E-state index in [-0.39, 0.29) is 11.3 Å². The van der Waals surface area contributed by atoms with E-state index in [1.54, 1.807) is 6.07 Å². The Labute approximate surface area is 172 Å². The summed E-state index contributed by atoms with van der Waals surface area (Å²) >= 11 is 12.7. The molecule has 2 aromatic carbocycles. The molecule has 1 spiro atoms. The molecule has 2 aliphatic rings. The smallest absolute Gasteiger partial charge is 0.253 e. The second-order valence-corrected chi connectivity index (χ2v) is 8.56. The highest BCUT2D eigenvalue weighted by Crippen LogP contribution is 2.44. The van der Waals surface area contributed by atoms with Gasteiger partial charge in [0.25, 0.3) is 5.91 Å². The summed E-state index contributed by atoms with van der Waals surface area (Å²) in [5.41, 5.74) is 3.27. The van der Waals surface area contributed by atoms with Crippen molar-refractivity contribution in [1.82, 2.24) is 20.3 Å². The van der Waals surface area contributed by atoms with Gasteiger partial charge >= 0.3 is 0 Å². The van der Waals surface area contributed by atoms with Crippen LogP contribution in [0.2, 0.25) is 10.0 Å². The molecular formula is C20H19Cl2N5O. The Morgan fingerprint density at radius 2 is 1.68 bits per heavy atom. The first-order valence-corrected chi connectivity index (χ1v) is 10.1. The SMILES string of the molecule is O=C(c1ccc2n[nH]nc2c1)N1CC2(CCN(c3c(Cl)cccc3Cl)CC2)C1. The summed E-state index contributed by atoms with van der Waals surface area (Å²) in [4.78, 5) is 17.0. The number of nitrogens with one attached hydrogen (secondary N) is 1. The summed E-state index contributed by atoms with van der Waals surface area (Å²) in [5.74, 6) is 0.0621. The number of piperidine rings is 1. The van der Waals surface area contributed by atoms with Gasteiger partial charge in [-0.2, -0.15) is 15.4 Å². The predicted octanol–water partition coefficient (Wildman–Crippen LogP) is 4.01. The van der Waals surface area contributed by atoms with Crippen molar-refractivity contribution in [3.63, 3.8) is 0 Å². The molecule has 0 aliphatic carbocycles. The van der Waals surface area contributed by atoms with Gasteiger partial charge in [0.15, 0.2) is 0 Å². The molecule has 2 fully saturated rings. The van der Waals surface area contributed by atoms with Crippen molar-refractivity contribution in [1.29, 1.82) is 0 Å². The minimum absolute atomic E-state index is 0.0621. The number of benzene rings is 2. The summed E-state index contributed by atoms with van der Waals surface area (Å²) in [6, 6.07) is 11.1. The third-order valence-corrected chi connectivity index (χ3v) is 6.59. The van der Waals surface area contributed by atoms with Crippen molar-refractivity contribution in [3.05, 3.63) is 52.0 Å². The van der Waals surface area contributed by atoms with Gasteiger partial charge in [-0.15, -0.1) is 0 Å². The number of hydrogen-bond donors (Lipinski definition) is 1. The fourth-order valence-corrected chi connectivity index (χ4v) is 5.01. The third-order valence-electron chi connectivity index (χ3n) is 5.98. The number of hydrogen-bond acceptors (Lipinski definition) is 4. The average molecular weight is 416 g/mol. The lowest BCUT2D eigenvalue weighted by Gasteiger charge is -2.54. The number of amides is 1. The summed E-state index contributed by atoms with van der Waals surface area (Å²) in [6.45, 7) is 3.40. The first-order chi connectivity index (χ1) is 13.5. The van der Waals surface area contributed by atoms with Crippen LogP contribution in [-0.2, 0) is 0 Å². The van der Waals surface area contributed by atoms with Crippen LogP contribution in [0.15, 0.2) is 36.4 Å². The molecule has 5 rings (SSSR count). The number of halogens is 2. The zero-order valence-corrected chi connectivity index (χ0v) is 16.7. The monoisotopic (exact) mass is 415 g/mol. The topological polar surface area (TPSA) is 65.1 Å². The lowest BCUT2D eigenvalue weighted by atomic mass is 9.71.